The summed E-state index contributed by atoms with van der Waals surface area (Å²) in [5.41, 5.74) is 2.73. The fourth-order valence-electron chi connectivity index (χ4n) is 1.35. The van der Waals surface area contributed by atoms with Crippen molar-refractivity contribution < 1.29 is 5.21 Å². The molecule has 1 heterocycles. The standard InChI is InChI=1S/C7H15NOS/c1-7(2)3-6(8-9)4-10-5-7/h6,8-9H,3-5H2,1-2H3. The number of rotatable bonds is 1. The lowest BCUT2D eigenvalue weighted by molar-refractivity contribution is 0.111. The highest BCUT2D eigenvalue weighted by molar-refractivity contribution is 7.99. The summed E-state index contributed by atoms with van der Waals surface area (Å²) in [5.74, 6) is 2.26. The second-order valence-corrected chi connectivity index (χ2v) is 4.74. The molecule has 0 aromatic heterocycles. The Labute approximate surface area is 66.3 Å². The van der Waals surface area contributed by atoms with Gasteiger partial charge in [-0.05, 0) is 17.6 Å². The van der Waals surface area contributed by atoms with E-state index in [4.69, 9.17) is 5.21 Å². The van der Waals surface area contributed by atoms with Crippen molar-refractivity contribution >= 4 is 11.8 Å². The van der Waals surface area contributed by atoms with Crippen LogP contribution < -0.4 is 5.48 Å². The molecule has 1 rings (SSSR count). The predicted molar refractivity (Wildman–Crippen MR) is 44.4 cm³/mol. The summed E-state index contributed by atoms with van der Waals surface area (Å²) in [6.07, 6.45) is 1.08. The van der Waals surface area contributed by atoms with Crippen LogP contribution in [0, 0.1) is 5.41 Å². The normalized spacial score (nSPS) is 32.1. The molecule has 1 fully saturated rings. The van der Waals surface area contributed by atoms with Gasteiger partial charge < -0.3 is 5.21 Å². The van der Waals surface area contributed by atoms with E-state index in [1.54, 1.807) is 0 Å². The maximum atomic E-state index is 8.66. The van der Waals surface area contributed by atoms with Crippen LogP contribution in [-0.2, 0) is 0 Å². The van der Waals surface area contributed by atoms with Crippen LogP contribution in [0.2, 0.25) is 0 Å². The minimum Gasteiger partial charge on any atom is -0.317 e. The molecule has 60 valence electrons. The van der Waals surface area contributed by atoms with Crippen LogP contribution in [0.25, 0.3) is 0 Å². The Kier molecular flexibility index (Phi) is 2.61. The van der Waals surface area contributed by atoms with Crippen molar-refractivity contribution in [1.82, 2.24) is 5.48 Å². The topological polar surface area (TPSA) is 32.3 Å². The minimum atomic E-state index is 0.300. The highest BCUT2D eigenvalue weighted by atomic mass is 32.2. The number of thioether (sulfide) groups is 1. The SMILES string of the molecule is CC1(C)CSCC(NO)C1. The summed E-state index contributed by atoms with van der Waals surface area (Å²) >= 11 is 1.91. The van der Waals surface area contributed by atoms with E-state index in [1.807, 2.05) is 11.8 Å². The van der Waals surface area contributed by atoms with Crippen LogP contribution in [0.4, 0.5) is 0 Å². The van der Waals surface area contributed by atoms with E-state index in [-0.39, 0.29) is 0 Å². The molecular weight excluding hydrogens is 146 g/mol. The molecule has 1 aliphatic heterocycles. The number of hydrogen-bond donors (Lipinski definition) is 2. The first-order valence-electron chi connectivity index (χ1n) is 3.61. The lowest BCUT2D eigenvalue weighted by Crippen LogP contribution is -2.38. The zero-order valence-electron chi connectivity index (χ0n) is 6.55. The van der Waals surface area contributed by atoms with Gasteiger partial charge in [-0.15, -0.1) is 0 Å². The average molecular weight is 161 g/mol. The Morgan fingerprint density at radius 3 is 2.70 bits per heavy atom. The summed E-state index contributed by atoms with van der Waals surface area (Å²) in [5, 5.41) is 8.66. The van der Waals surface area contributed by atoms with Gasteiger partial charge >= 0.3 is 0 Å². The van der Waals surface area contributed by atoms with Gasteiger partial charge in [0.05, 0.1) is 0 Å². The summed E-state index contributed by atoms with van der Waals surface area (Å²) in [6.45, 7) is 4.48. The van der Waals surface area contributed by atoms with E-state index in [9.17, 15) is 0 Å². The first-order chi connectivity index (χ1) is 4.64. The number of hydrogen-bond acceptors (Lipinski definition) is 3. The van der Waals surface area contributed by atoms with Crippen molar-refractivity contribution in [2.45, 2.75) is 26.3 Å². The van der Waals surface area contributed by atoms with E-state index in [2.05, 4.69) is 19.3 Å². The molecule has 10 heavy (non-hydrogen) atoms. The first kappa shape index (κ1) is 8.37. The van der Waals surface area contributed by atoms with Crippen LogP contribution in [0.3, 0.4) is 0 Å². The monoisotopic (exact) mass is 161 g/mol. The molecule has 1 unspecified atom stereocenters. The Bertz CT molecular complexity index is 116. The summed E-state index contributed by atoms with van der Waals surface area (Å²) in [6, 6.07) is 0.300. The van der Waals surface area contributed by atoms with Crippen LogP contribution in [0.5, 0.6) is 0 Å². The summed E-state index contributed by atoms with van der Waals surface area (Å²) < 4.78 is 0. The lowest BCUT2D eigenvalue weighted by atomic mass is 9.88. The molecule has 0 aromatic rings. The van der Waals surface area contributed by atoms with E-state index in [1.165, 1.54) is 5.75 Å². The van der Waals surface area contributed by atoms with Crippen molar-refractivity contribution in [3.05, 3.63) is 0 Å². The van der Waals surface area contributed by atoms with Crippen LogP contribution in [-0.4, -0.2) is 22.8 Å². The quantitative estimate of drug-likeness (QED) is 0.572. The van der Waals surface area contributed by atoms with Gasteiger partial charge in [-0.1, -0.05) is 13.8 Å². The van der Waals surface area contributed by atoms with Gasteiger partial charge in [0.25, 0.3) is 0 Å². The van der Waals surface area contributed by atoms with E-state index in [0.29, 0.717) is 11.5 Å². The van der Waals surface area contributed by atoms with Crippen molar-refractivity contribution in [1.29, 1.82) is 0 Å². The zero-order chi connectivity index (χ0) is 7.61. The number of hydroxylamine groups is 1. The third-order valence-corrected chi connectivity index (χ3v) is 3.42. The van der Waals surface area contributed by atoms with Gasteiger partial charge in [-0.25, -0.2) is 5.48 Å². The second kappa shape index (κ2) is 3.11. The predicted octanol–water partition coefficient (Wildman–Crippen LogP) is 1.50. The molecule has 2 N–H and O–H groups in total. The Hall–Kier alpha value is 0.270. The molecule has 0 aromatic carbocycles. The van der Waals surface area contributed by atoms with Crippen molar-refractivity contribution in [3.63, 3.8) is 0 Å². The molecule has 0 amide bonds. The molecule has 0 spiro atoms. The molecule has 3 heteroatoms. The summed E-state index contributed by atoms with van der Waals surface area (Å²) in [7, 11) is 0. The van der Waals surface area contributed by atoms with Crippen molar-refractivity contribution in [2.24, 2.45) is 5.41 Å². The number of nitrogens with one attached hydrogen (secondary N) is 1. The summed E-state index contributed by atoms with van der Waals surface area (Å²) in [4.78, 5) is 0. The first-order valence-corrected chi connectivity index (χ1v) is 4.77. The van der Waals surface area contributed by atoms with Gasteiger partial charge in [0.2, 0.25) is 0 Å². The molecule has 2 nitrogen and oxygen atoms in total. The second-order valence-electron chi connectivity index (χ2n) is 3.71. The zero-order valence-corrected chi connectivity index (χ0v) is 7.37. The lowest BCUT2D eigenvalue weighted by Gasteiger charge is -2.33. The molecular formula is C7H15NOS. The third-order valence-electron chi connectivity index (χ3n) is 1.79. The molecule has 0 bridgehead atoms. The molecule has 0 saturated carbocycles. The Morgan fingerprint density at radius 2 is 2.30 bits per heavy atom. The third kappa shape index (κ3) is 2.15. The van der Waals surface area contributed by atoms with Crippen molar-refractivity contribution in [3.8, 4) is 0 Å². The fraction of sp³-hybridized carbons (Fsp3) is 1.00. The van der Waals surface area contributed by atoms with Crippen LogP contribution in [0.1, 0.15) is 20.3 Å². The van der Waals surface area contributed by atoms with Gasteiger partial charge in [0.15, 0.2) is 0 Å². The maximum Gasteiger partial charge on any atom is 0.0415 e. The van der Waals surface area contributed by atoms with E-state index >= 15 is 0 Å². The highest BCUT2D eigenvalue weighted by Crippen LogP contribution is 2.32. The Morgan fingerprint density at radius 1 is 1.60 bits per heavy atom. The van der Waals surface area contributed by atoms with Gasteiger partial charge in [0.1, 0.15) is 0 Å². The molecule has 0 radical (unpaired) electrons. The van der Waals surface area contributed by atoms with Crippen molar-refractivity contribution in [2.75, 3.05) is 11.5 Å². The Balaban J connectivity index is 2.40. The van der Waals surface area contributed by atoms with E-state index in [0.717, 1.165) is 12.2 Å². The smallest absolute Gasteiger partial charge is 0.0415 e. The minimum absolute atomic E-state index is 0.300. The average Bonchev–Trinajstić information content (AvgIpc) is 1.86. The molecule has 0 aliphatic carbocycles. The molecule has 1 aliphatic rings. The maximum absolute atomic E-state index is 8.66. The molecule has 1 atom stereocenters. The van der Waals surface area contributed by atoms with E-state index < -0.39 is 0 Å². The largest absolute Gasteiger partial charge is 0.317 e. The molecule has 1 saturated heterocycles. The van der Waals surface area contributed by atoms with Crippen LogP contribution in [0.15, 0.2) is 0 Å². The fourth-order valence-corrected chi connectivity index (χ4v) is 2.61. The van der Waals surface area contributed by atoms with Gasteiger partial charge in [-0.3, -0.25) is 0 Å². The van der Waals surface area contributed by atoms with Crippen LogP contribution >= 0.6 is 11.8 Å². The highest BCUT2D eigenvalue weighted by Gasteiger charge is 2.27. The van der Waals surface area contributed by atoms with Gasteiger partial charge in [-0.2, -0.15) is 11.8 Å². The van der Waals surface area contributed by atoms with Gasteiger partial charge in [0, 0.05) is 11.8 Å².